The highest BCUT2D eigenvalue weighted by Gasteiger charge is 2.06. The molecule has 0 bridgehead atoms. The maximum Gasteiger partial charge on any atom is 0.336 e. The summed E-state index contributed by atoms with van der Waals surface area (Å²) < 4.78 is 10.6. The van der Waals surface area contributed by atoms with Crippen LogP contribution in [0.3, 0.4) is 0 Å². The van der Waals surface area contributed by atoms with E-state index in [0.29, 0.717) is 17.2 Å². The van der Waals surface area contributed by atoms with Crippen LogP contribution in [0.4, 0.5) is 5.69 Å². The van der Waals surface area contributed by atoms with Gasteiger partial charge in [-0.2, -0.15) is 0 Å². The highest BCUT2D eigenvalue weighted by molar-refractivity contribution is 7.80. The Bertz CT molecular complexity index is 982. The summed E-state index contributed by atoms with van der Waals surface area (Å²) in [7, 11) is 1.64. The lowest BCUT2D eigenvalue weighted by atomic mass is 10.1. The Labute approximate surface area is 150 Å². The molecule has 0 radical (unpaired) electrons. The van der Waals surface area contributed by atoms with E-state index in [1.54, 1.807) is 13.2 Å². The zero-order valence-corrected chi connectivity index (χ0v) is 14.8. The zero-order chi connectivity index (χ0) is 17.8. The number of ether oxygens (including phenoxy) is 1. The molecule has 2 aromatic carbocycles. The van der Waals surface area contributed by atoms with Crippen molar-refractivity contribution in [3.63, 3.8) is 0 Å². The highest BCUT2D eigenvalue weighted by Crippen LogP contribution is 2.21. The molecule has 3 aromatic rings. The average Bonchev–Trinajstić information content (AvgIpc) is 2.59. The van der Waals surface area contributed by atoms with E-state index in [-0.39, 0.29) is 5.63 Å². The number of para-hydroxylation sites is 1. The zero-order valence-electron chi connectivity index (χ0n) is 14.0. The molecule has 0 fully saturated rings. The predicted octanol–water partition coefficient (Wildman–Crippen LogP) is 3.60. The molecule has 5 nitrogen and oxygen atoms in total. The van der Waals surface area contributed by atoms with E-state index in [1.165, 1.54) is 6.07 Å². The standard InChI is InChI=1S/C19H18N2O3S/c1-12-9-18(22)24-17-10-14(7-8-15(12)17)21-19(25)20-11-13-5-3-4-6-16(13)23-2/h3-10H,11H2,1-2H3,(H2,20,21,25). The number of benzene rings is 2. The Morgan fingerprint density at radius 3 is 2.80 bits per heavy atom. The van der Waals surface area contributed by atoms with E-state index in [0.717, 1.165) is 28.0 Å². The van der Waals surface area contributed by atoms with E-state index in [1.807, 2.05) is 43.3 Å². The van der Waals surface area contributed by atoms with Gasteiger partial charge in [0.2, 0.25) is 0 Å². The Morgan fingerprint density at radius 1 is 1.20 bits per heavy atom. The quantitative estimate of drug-likeness (QED) is 0.551. The Hall–Kier alpha value is -2.86. The maximum absolute atomic E-state index is 11.5. The predicted molar refractivity (Wildman–Crippen MR) is 103 cm³/mol. The molecule has 0 atom stereocenters. The molecule has 0 saturated heterocycles. The van der Waals surface area contributed by atoms with Gasteiger partial charge in [-0.05, 0) is 42.9 Å². The minimum absolute atomic E-state index is 0.362. The second-order valence-electron chi connectivity index (χ2n) is 5.58. The van der Waals surface area contributed by atoms with E-state index < -0.39 is 0 Å². The van der Waals surface area contributed by atoms with Crippen molar-refractivity contribution in [1.29, 1.82) is 0 Å². The van der Waals surface area contributed by atoms with Gasteiger partial charge in [0, 0.05) is 35.3 Å². The van der Waals surface area contributed by atoms with E-state index in [9.17, 15) is 4.79 Å². The lowest BCUT2D eigenvalue weighted by Crippen LogP contribution is -2.28. The van der Waals surface area contributed by atoms with Crippen molar-refractivity contribution in [2.75, 3.05) is 12.4 Å². The van der Waals surface area contributed by atoms with Crippen LogP contribution in [0.1, 0.15) is 11.1 Å². The largest absolute Gasteiger partial charge is 0.496 e. The van der Waals surface area contributed by atoms with Gasteiger partial charge in [0.1, 0.15) is 11.3 Å². The van der Waals surface area contributed by atoms with Gasteiger partial charge in [0.15, 0.2) is 5.11 Å². The average molecular weight is 354 g/mol. The third-order valence-electron chi connectivity index (χ3n) is 3.84. The van der Waals surface area contributed by atoms with Crippen molar-refractivity contribution in [1.82, 2.24) is 5.32 Å². The van der Waals surface area contributed by atoms with Crippen LogP contribution in [0.15, 0.2) is 57.7 Å². The third kappa shape index (κ3) is 3.97. The van der Waals surface area contributed by atoms with Crippen LogP contribution in [0.2, 0.25) is 0 Å². The molecule has 0 aliphatic rings. The van der Waals surface area contributed by atoms with Gasteiger partial charge in [-0.15, -0.1) is 0 Å². The van der Waals surface area contributed by atoms with Gasteiger partial charge in [-0.3, -0.25) is 0 Å². The van der Waals surface area contributed by atoms with Crippen LogP contribution in [0.5, 0.6) is 5.75 Å². The molecule has 0 aliphatic carbocycles. The van der Waals surface area contributed by atoms with Crippen LogP contribution < -0.4 is 21.0 Å². The molecule has 0 unspecified atom stereocenters. The van der Waals surface area contributed by atoms with Gasteiger partial charge in [0.05, 0.1) is 7.11 Å². The highest BCUT2D eigenvalue weighted by atomic mass is 32.1. The van der Waals surface area contributed by atoms with Crippen molar-refractivity contribution in [2.24, 2.45) is 0 Å². The number of nitrogens with one attached hydrogen (secondary N) is 2. The van der Waals surface area contributed by atoms with Crippen molar-refractivity contribution in [3.8, 4) is 5.75 Å². The van der Waals surface area contributed by atoms with Crippen molar-refractivity contribution in [2.45, 2.75) is 13.5 Å². The number of rotatable bonds is 4. The van der Waals surface area contributed by atoms with Gasteiger partial charge in [0.25, 0.3) is 0 Å². The van der Waals surface area contributed by atoms with Crippen LogP contribution in [0, 0.1) is 6.92 Å². The summed E-state index contributed by atoms with van der Waals surface area (Å²) in [5.74, 6) is 0.806. The molecule has 1 heterocycles. The van der Waals surface area contributed by atoms with Gasteiger partial charge in [-0.1, -0.05) is 18.2 Å². The Morgan fingerprint density at radius 2 is 2.00 bits per heavy atom. The van der Waals surface area contributed by atoms with Gasteiger partial charge < -0.3 is 19.8 Å². The van der Waals surface area contributed by atoms with Crippen LogP contribution in [0.25, 0.3) is 11.0 Å². The maximum atomic E-state index is 11.5. The Balaban J connectivity index is 1.70. The fourth-order valence-corrected chi connectivity index (χ4v) is 2.79. The number of hydrogen-bond acceptors (Lipinski definition) is 4. The second kappa shape index (κ2) is 7.36. The molecule has 3 rings (SSSR count). The summed E-state index contributed by atoms with van der Waals surface area (Å²) in [5, 5.41) is 7.61. The van der Waals surface area contributed by atoms with Gasteiger partial charge >= 0.3 is 5.63 Å². The molecule has 0 saturated carbocycles. The molecule has 0 amide bonds. The van der Waals surface area contributed by atoms with E-state index in [4.69, 9.17) is 21.4 Å². The fraction of sp³-hybridized carbons (Fsp3) is 0.158. The van der Waals surface area contributed by atoms with Crippen molar-refractivity contribution >= 4 is 34.0 Å². The second-order valence-corrected chi connectivity index (χ2v) is 5.99. The van der Waals surface area contributed by atoms with Crippen molar-refractivity contribution < 1.29 is 9.15 Å². The summed E-state index contributed by atoms with van der Waals surface area (Å²) >= 11 is 5.33. The molecule has 0 spiro atoms. The van der Waals surface area contributed by atoms with Crippen molar-refractivity contribution in [3.05, 3.63) is 70.1 Å². The molecular weight excluding hydrogens is 336 g/mol. The number of aryl methyl sites for hydroxylation is 1. The number of methoxy groups -OCH3 is 1. The molecule has 25 heavy (non-hydrogen) atoms. The summed E-state index contributed by atoms with van der Waals surface area (Å²) in [4.78, 5) is 11.5. The lowest BCUT2D eigenvalue weighted by molar-refractivity contribution is 0.409. The first kappa shape index (κ1) is 17.0. The molecule has 0 aliphatic heterocycles. The van der Waals surface area contributed by atoms with Crippen LogP contribution in [-0.4, -0.2) is 12.2 Å². The number of anilines is 1. The third-order valence-corrected chi connectivity index (χ3v) is 4.09. The van der Waals surface area contributed by atoms with Crippen LogP contribution >= 0.6 is 12.2 Å². The fourth-order valence-electron chi connectivity index (χ4n) is 2.60. The summed E-state index contributed by atoms with van der Waals surface area (Å²) in [5.41, 5.74) is 2.81. The lowest BCUT2D eigenvalue weighted by Gasteiger charge is -2.13. The summed E-state index contributed by atoms with van der Waals surface area (Å²) in [6.45, 7) is 2.42. The monoisotopic (exact) mass is 354 g/mol. The normalized spacial score (nSPS) is 10.5. The summed E-state index contributed by atoms with van der Waals surface area (Å²) in [6.07, 6.45) is 0. The van der Waals surface area contributed by atoms with Crippen LogP contribution in [-0.2, 0) is 6.54 Å². The SMILES string of the molecule is COc1ccccc1CNC(=S)Nc1ccc2c(C)cc(=O)oc2c1. The minimum atomic E-state index is -0.362. The van der Waals surface area contributed by atoms with E-state index in [2.05, 4.69) is 10.6 Å². The first-order valence-electron chi connectivity index (χ1n) is 7.78. The molecule has 1 aromatic heterocycles. The topological polar surface area (TPSA) is 63.5 Å². The first-order chi connectivity index (χ1) is 12.1. The molecule has 6 heteroatoms. The number of fused-ring (bicyclic) bond motifs is 1. The summed E-state index contributed by atoms with van der Waals surface area (Å²) in [6, 6.07) is 14.8. The first-order valence-corrected chi connectivity index (χ1v) is 8.19. The molecular formula is C19H18N2O3S. The molecule has 128 valence electrons. The Kier molecular flexibility index (Phi) is 5.00. The minimum Gasteiger partial charge on any atom is -0.496 e. The smallest absolute Gasteiger partial charge is 0.336 e. The van der Waals surface area contributed by atoms with Gasteiger partial charge in [-0.25, -0.2) is 4.79 Å². The number of thiocarbonyl (C=S) groups is 1. The number of hydrogen-bond donors (Lipinski definition) is 2. The van der Waals surface area contributed by atoms with E-state index >= 15 is 0 Å². The molecule has 2 N–H and O–H groups in total.